The molecule has 0 amide bonds. The minimum Gasteiger partial charge on any atom is -0.308 e. The van der Waals surface area contributed by atoms with Crippen LogP contribution in [0.3, 0.4) is 0 Å². The maximum absolute atomic E-state index is 3.90. The SMILES string of the molecule is CCC1(CC)CN(C2CCCC2)C(C(C)(C)C)CN1. The van der Waals surface area contributed by atoms with Gasteiger partial charge < -0.3 is 5.32 Å². The molecule has 0 bridgehead atoms. The van der Waals surface area contributed by atoms with Crippen LogP contribution >= 0.6 is 0 Å². The number of piperazine rings is 1. The molecule has 1 aliphatic carbocycles. The average Bonchev–Trinajstić information content (AvgIpc) is 2.90. The molecule has 1 unspecified atom stereocenters. The fraction of sp³-hybridized carbons (Fsp3) is 1.00. The average molecular weight is 266 g/mol. The molecule has 0 aromatic heterocycles. The summed E-state index contributed by atoms with van der Waals surface area (Å²) >= 11 is 0. The molecular weight excluding hydrogens is 232 g/mol. The standard InChI is InChI=1S/C17H34N2/c1-6-17(7-2)13-19(14-10-8-9-11-14)15(12-18-17)16(3,4)5/h14-15,18H,6-13H2,1-5H3. The second-order valence-corrected chi connectivity index (χ2v) is 7.86. The highest BCUT2D eigenvalue weighted by Gasteiger charge is 2.43. The van der Waals surface area contributed by atoms with Gasteiger partial charge in [-0.15, -0.1) is 0 Å². The lowest BCUT2D eigenvalue weighted by molar-refractivity contribution is -0.00943. The van der Waals surface area contributed by atoms with Gasteiger partial charge >= 0.3 is 0 Å². The molecule has 2 heteroatoms. The summed E-state index contributed by atoms with van der Waals surface area (Å²) in [7, 11) is 0. The van der Waals surface area contributed by atoms with Crippen LogP contribution in [-0.2, 0) is 0 Å². The van der Waals surface area contributed by atoms with Gasteiger partial charge in [-0.1, -0.05) is 47.5 Å². The quantitative estimate of drug-likeness (QED) is 0.835. The summed E-state index contributed by atoms with van der Waals surface area (Å²) in [5, 5.41) is 3.90. The number of hydrogen-bond acceptors (Lipinski definition) is 2. The van der Waals surface area contributed by atoms with Gasteiger partial charge in [0.1, 0.15) is 0 Å². The molecule has 1 atom stereocenters. The predicted molar refractivity (Wildman–Crippen MR) is 83.5 cm³/mol. The molecule has 2 rings (SSSR count). The first-order valence-electron chi connectivity index (χ1n) is 8.42. The molecule has 19 heavy (non-hydrogen) atoms. The molecule has 0 radical (unpaired) electrons. The van der Waals surface area contributed by atoms with Crippen molar-refractivity contribution in [2.24, 2.45) is 5.41 Å². The molecule has 1 N–H and O–H groups in total. The van der Waals surface area contributed by atoms with Crippen LogP contribution in [0.25, 0.3) is 0 Å². The van der Waals surface area contributed by atoms with Gasteiger partial charge in [0.25, 0.3) is 0 Å². The zero-order valence-electron chi connectivity index (χ0n) is 13.8. The Kier molecular flexibility index (Phi) is 4.62. The Morgan fingerprint density at radius 2 is 1.68 bits per heavy atom. The molecule has 112 valence electrons. The monoisotopic (exact) mass is 266 g/mol. The Hall–Kier alpha value is -0.0800. The topological polar surface area (TPSA) is 15.3 Å². The molecule has 0 aromatic carbocycles. The molecular formula is C17H34N2. The minimum atomic E-state index is 0.365. The Morgan fingerprint density at radius 1 is 1.11 bits per heavy atom. The molecule has 0 aromatic rings. The fourth-order valence-electron chi connectivity index (χ4n) is 4.09. The van der Waals surface area contributed by atoms with Crippen LogP contribution in [0.15, 0.2) is 0 Å². The third-order valence-electron chi connectivity index (χ3n) is 5.70. The minimum absolute atomic E-state index is 0.365. The Balaban J connectivity index is 2.18. The molecule has 2 aliphatic rings. The predicted octanol–water partition coefficient (Wildman–Crippen LogP) is 3.81. The van der Waals surface area contributed by atoms with Crippen molar-refractivity contribution in [3.05, 3.63) is 0 Å². The largest absolute Gasteiger partial charge is 0.308 e. The first kappa shape index (κ1) is 15.3. The second-order valence-electron chi connectivity index (χ2n) is 7.86. The summed E-state index contributed by atoms with van der Waals surface area (Å²) in [6.07, 6.45) is 8.24. The van der Waals surface area contributed by atoms with E-state index < -0.39 is 0 Å². The first-order valence-corrected chi connectivity index (χ1v) is 8.42. The smallest absolute Gasteiger partial charge is 0.0304 e. The van der Waals surface area contributed by atoms with E-state index in [9.17, 15) is 0 Å². The molecule has 2 fully saturated rings. The Bertz CT molecular complexity index is 282. The lowest BCUT2D eigenvalue weighted by Crippen LogP contribution is -2.68. The zero-order chi connectivity index (χ0) is 14.1. The van der Waals surface area contributed by atoms with Crippen molar-refractivity contribution in [1.29, 1.82) is 0 Å². The summed E-state index contributed by atoms with van der Waals surface area (Å²) in [4.78, 5) is 2.89. The highest BCUT2D eigenvalue weighted by Crippen LogP contribution is 2.36. The summed E-state index contributed by atoms with van der Waals surface area (Å²) < 4.78 is 0. The van der Waals surface area contributed by atoms with Crippen LogP contribution < -0.4 is 5.32 Å². The summed E-state index contributed by atoms with van der Waals surface area (Å²) in [5.41, 5.74) is 0.744. The summed E-state index contributed by atoms with van der Waals surface area (Å²) in [5.74, 6) is 0. The van der Waals surface area contributed by atoms with E-state index in [1.54, 1.807) is 0 Å². The van der Waals surface area contributed by atoms with Crippen LogP contribution in [0.5, 0.6) is 0 Å². The maximum atomic E-state index is 3.90. The van der Waals surface area contributed by atoms with Gasteiger partial charge in [0.2, 0.25) is 0 Å². The van der Waals surface area contributed by atoms with Gasteiger partial charge in [-0.3, -0.25) is 4.90 Å². The van der Waals surface area contributed by atoms with Crippen molar-refractivity contribution in [2.75, 3.05) is 13.1 Å². The van der Waals surface area contributed by atoms with Crippen LogP contribution in [-0.4, -0.2) is 35.6 Å². The van der Waals surface area contributed by atoms with E-state index >= 15 is 0 Å². The second kappa shape index (κ2) is 5.73. The third-order valence-corrected chi connectivity index (χ3v) is 5.70. The summed E-state index contributed by atoms with van der Waals surface area (Å²) in [6, 6.07) is 1.55. The van der Waals surface area contributed by atoms with Gasteiger partial charge in [-0.2, -0.15) is 0 Å². The van der Waals surface area contributed by atoms with Gasteiger partial charge in [0, 0.05) is 30.7 Å². The van der Waals surface area contributed by atoms with Crippen LogP contribution in [0.2, 0.25) is 0 Å². The highest BCUT2D eigenvalue weighted by molar-refractivity contribution is 5.02. The van der Waals surface area contributed by atoms with E-state index in [-0.39, 0.29) is 0 Å². The van der Waals surface area contributed by atoms with Crippen molar-refractivity contribution in [3.8, 4) is 0 Å². The molecule has 0 spiro atoms. The van der Waals surface area contributed by atoms with Gasteiger partial charge in [0.15, 0.2) is 0 Å². The van der Waals surface area contributed by atoms with Gasteiger partial charge in [-0.05, 0) is 31.1 Å². The van der Waals surface area contributed by atoms with Crippen molar-refractivity contribution < 1.29 is 0 Å². The summed E-state index contributed by atoms with van der Waals surface area (Å²) in [6.45, 7) is 14.3. The lowest BCUT2D eigenvalue weighted by Gasteiger charge is -2.53. The number of rotatable bonds is 3. The zero-order valence-corrected chi connectivity index (χ0v) is 13.8. The van der Waals surface area contributed by atoms with Crippen LogP contribution in [0, 0.1) is 5.41 Å². The lowest BCUT2D eigenvalue weighted by atomic mass is 9.79. The number of hydrogen-bond donors (Lipinski definition) is 1. The molecule has 1 saturated heterocycles. The Labute approximate surface area is 120 Å². The van der Waals surface area contributed by atoms with Crippen LogP contribution in [0.4, 0.5) is 0 Å². The van der Waals surface area contributed by atoms with Crippen molar-refractivity contribution in [1.82, 2.24) is 10.2 Å². The molecule has 1 saturated carbocycles. The van der Waals surface area contributed by atoms with E-state index in [0.717, 1.165) is 6.04 Å². The van der Waals surface area contributed by atoms with E-state index in [0.29, 0.717) is 17.0 Å². The van der Waals surface area contributed by atoms with Crippen molar-refractivity contribution >= 4 is 0 Å². The van der Waals surface area contributed by atoms with E-state index in [1.165, 1.54) is 51.6 Å². The fourth-order valence-corrected chi connectivity index (χ4v) is 4.09. The first-order chi connectivity index (χ1) is 8.92. The van der Waals surface area contributed by atoms with E-state index in [2.05, 4.69) is 44.8 Å². The molecule has 1 aliphatic heterocycles. The van der Waals surface area contributed by atoms with E-state index in [1.807, 2.05) is 0 Å². The highest BCUT2D eigenvalue weighted by atomic mass is 15.3. The van der Waals surface area contributed by atoms with Gasteiger partial charge in [0.05, 0.1) is 0 Å². The van der Waals surface area contributed by atoms with Crippen molar-refractivity contribution in [3.63, 3.8) is 0 Å². The molecule has 1 heterocycles. The molecule has 2 nitrogen and oxygen atoms in total. The van der Waals surface area contributed by atoms with E-state index in [4.69, 9.17) is 0 Å². The Morgan fingerprint density at radius 3 is 2.16 bits per heavy atom. The number of nitrogens with zero attached hydrogens (tertiary/aromatic N) is 1. The van der Waals surface area contributed by atoms with Gasteiger partial charge in [-0.25, -0.2) is 0 Å². The van der Waals surface area contributed by atoms with Crippen LogP contribution in [0.1, 0.15) is 73.1 Å². The normalized spacial score (nSPS) is 29.8. The third kappa shape index (κ3) is 3.16. The maximum Gasteiger partial charge on any atom is 0.0304 e. The van der Waals surface area contributed by atoms with Crippen molar-refractivity contribution in [2.45, 2.75) is 90.8 Å². The number of nitrogens with one attached hydrogen (secondary N) is 1.